The molecule has 9 heteroatoms. The second-order valence-electron chi connectivity index (χ2n) is 9.27. The molecule has 1 amide bonds. The second kappa shape index (κ2) is 8.10. The summed E-state index contributed by atoms with van der Waals surface area (Å²) in [6.07, 6.45) is 8.95. The van der Waals surface area contributed by atoms with E-state index in [0.29, 0.717) is 12.1 Å². The van der Waals surface area contributed by atoms with Crippen molar-refractivity contribution in [2.45, 2.75) is 70.1 Å². The lowest BCUT2D eigenvalue weighted by Gasteiger charge is -2.36. The molecule has 0 bridgehead atoms. The molecule has 1 saturated carbocycles. The van der Waals surface area contributed by atoms with Crippen LogP contribution in [0.25, 0.3) is 11.1 Å². The molecule has 1 N–H and O–H groups in total. The monoisotopic (exact) mass is 459 g/mol. The van der Waals surface area contributed by atoms with Crippen molar-refractivity contribution in [3.63, 3.8) is 0 Å². The summed E-state index contributed by atoms with van der Waals surface area (Å²) < 4.78 is 32.4. The average Bonchev–Trinajstić information content (AvgIpc) is 3.19. The molecule has 172 valence electrons. The van der Waals surface area contributed by atoms with Gasteiger partial charge in [0.05, 0.1) is 35.5 Å². The van der Waals surface area contributed by atoms with Crippen LogP contribution in [-0.4, -0.2) is 53.0 Å². The Bertz CT molecular complexity index is 1140. The maximum atomic E-state index is 12.1. The van der Waals surface area contributed by atoms with E-state index in [-0.39, 0.29) is 29.7 Å². The number of aromatic nitrogens is 2. The summed E-state index contributed by atoms with van der Waals surface area (Å²) in [6, 6.07) is 3.54. The SMILES string of the molecule is C[C@H]1CCc2c(ccc(-c3cnn(C4CCCS(=O)(=O)C4)c3)c2OC2CCC2)N1C(=O)O. The van der Waals surface area contributed by atoms with Crippen LogP contribution in [0.5, 0.6) is 5.75 Å². The molecule has 2 aliphatic heterocycles. The van der Waals surface area contributed by atoms with Gasteiger partial charge in [0.15, 0.2) is 9.84 Å². The van der Waals surface area contributed by atoms with Crippen LogP contribution in [0.1, 0.15) is 57.1 Å². The fourth-order valence-corrected chi connectivity index (χ4v) is 6.68. The minimum Gasteiger partial charge on any atom is -0.489 e. The maximum Gasteiger partial charge on any atom is 0.412 e. The minimum atomic E-state index is -3.03. The van der Waals surface area contributed by atoms with Crippen molar-refractivity contribution in [3.05, 3.63) is 30.1 Å². The molecule has 0 radical (unpaired) electrons. The van der Waals surface area contributed by atoms with Gasteiger partial charge in [-0.2, -0.15) is 5.10 Å². The highest BCUT2D eigenvalue weighted by Gasteiger charge is 2.33. The van der Waals surface area contributed by atoms with E-state index in [0.717, 1.165) is 61.0 Å². The molecule has 8 nitrogen and oxygen atoms in total. The van der Waals surface area contributed by atoms with E-state index in [2.05, 4.69) is 5.10 Å². The Balaban J connectivity index is 1.54. The Morgan fingerprint density at radius 3 is 2.69 bits per heavy atom. The smallest absolute Gasteiger partial charge is 0.412 e. The molecular weight excluding hydrogens is 430 g/mol. The topological polar surface area (TPSA) is 102 Å². The number of sulfone groups is 1. The molecule has 3 heterocycles. The molecule has 2 atom stereocenters. The van der Waals surface area contributed by atoms with E-state index in [1.54, 1.807) is 10.9 Å². The number of carbonyl (C=O) groups is 1. The molecule has 1 unspecified atom stereocenters. The quantitative estimate of drug-likeness (QED) is 0.740. The molecule has 1 aliphatic carbocycles. The Morgan fingerprint density at radius 2 is 2.00 bits per heavy atom. The number of benzene rings is 1. The number of fused-ring (bicyclic) bond motifs is 1. The molecule has 0 spiro atoms. The number of ether oxygens (including phenoxy) is 1. The molecule has 2 aromatic rings. The van der Waals surface area contributed by atoms with Crippen molar-refractivity contribution in [3.8, 4) is 16.9 Å². The number of rotatable bonds is 4. The lowest BCUT2D eigenvalue weighted by atomic mass is 9.91. The predicted octanol–water partition coefficient (Wildman–Crippen LogP) is 4.05. The van der Waals surface area contributed by atoms with Crippen molar-refractivity contribution in [2.75, 3.05) is 16.4 Å². The number of carboxylic acid groups (broad SMARTS) is 1. The predicted molar refractivity (Wildman–Crippen MR) is 121 cm³/mol. The highest BCUT2D eigenvalue weighted by molar-refractivity contribution is 7.91. The van der Waals surface area contributed by atoms with Crippen LogP contribution in [0.4, 0.5) is 10.5 Å². The maximum absolute atomic E-state index is 12.1. The van der Waals surface area contributed by atoms with Crippen molar-refractivity contribution in [2.24, 2.45) is 0 Å². The van der Waals surface area contributed by atoms with Crippen LogP contribution in [0.2, 0.25) is 0 Å². The minimum absolute atomic E-state index is 0.0848. The molecule has 5 rings (SSSR count). The zero-order chi connectivity index (χ0) is 22.5. The fraction of sp³-hybridized carbons (Fsp3) is 0.565. The van der Waals surface area contributed by atoms with Crippen LogP contribution >= 0.6 is 0 Å². The molecule has 1 saturated heterocycles. The van der Waals surface area contributed by atoms with Gasteiger partial charge in [0.25, 0.3) is 0 Å². The first-order valence-corrected chi connectivity index (χ1v) is 13.2. The zero-order valence-corrected chi connectivity index (χ0v) is 19.1. The van der Waals surface area contributed by atoms with Crippen molar-refractivity contribution in [1.29, 1.82) is 0 Å². The van der Waals surface area contributed by atoms with E-state index in [1.165, 1.54) is 4.90 Å². The van der Waals surface area contributed by atoms with Gasteiger partial charge in [0.1, 0.15) is 5.75 Å². The third-order valence-electron chi connectivity index (χ3n) is 7.02. The van der Waals surface area contributed by atoms with E-state index in [9.17, 15) is 18.3 Å². The summed E-state index contributed by atoms with van der Waals surface area (Å²) in [5, 5.41) is 14.3. The van der Waals surface area contributed by atoms with Crippen LogP contribution in [0.3, 0.4) is 0 Å². The highest BCUT2D eigenvalue weighted by Crippen LogP contribution is 2.44. The Labute approximate surface area is 188 Å². The van der Waals surface area contributed by atoms with Gasteiger partial charge in [0, 0.05) is 28.9 Å². The largest absolute Gasteiger partial charge is 0.489 e. The van der Waals surface area contributed by atoms with Crippen LogP contribution in [-0.2, 0) is 16.3 Å². The fourth-order valence-electron chi connectivity index (χ4n) is 5.00. The molecule has 1 aromatic heterocycles. The number of amides is 1. The van der Waals surface area contributed by atoms with Gasteiger partial charge in [-0.3, -0.25) is 9.58 Å². The summed E-state index contributed by atoms with van der Waals surface area (Å²) >= 11 is 0. The average molecular weight is 460 g/mol. The molecular formula is C23H29N3O5S. The number of hydrogen-bond donors (Lipinski definition) is 1. The van der Waals surface area contributed by atoms with E-state index in [1.807, 2.05) is 25.3 Å². The van der Waals surface area contributed by atoms with Gasteiger partial charge in [-0.1, -0.05) is 0 Å². The molecule has 3 aliphatic rings. The standard InChI is InChI=1S/C23H29N3O5S/c1-15-7-8-20-21(26(15)23(27)28)10-9-19(22(20)31-18-5-2-6-18)16-12-24-25(13-16)17-4-3-11-32(29,30)14-17/h9-10,12-13,15,17-18H,2-8,11,14H2,1H3,(H,27,28)/t15-,17?/m0/s1. The summed E-state index contributed by atoms with van der Waals surface area (Å²) in [4.78, 5) is 13.4. The number of nitrogens with zero attached hydrogens (tertiary/aromatic N) is 3. The van der Waals surface area contributed by atoms with Gasteiger partial charge in [-0.25, -0.2) is 13.2 Å². The summed E-state index contributed by atoms with van der Waals surface area (Å²) in [6.45, 7) is 1.93. The molecule has 2 fully saturated rings. The lowest BCUT2D eigenvalue weighted by Crippen LogP contribution is -2.41. The van der Waals surface area contributed by atoms with E-state index in [4.69, 9.17) is 4.74 Å². The van der Waals surface area contributed by atoms with E-state index < -0.39 is 15.9 Å². The Kier molecular flexibility index (Phi) is 5.39. The first-order chi connectivity index (χ1) is 15.3. The Morgan fingerprint density at radius 1 is 1.19 bits per heavy atom. The lowest BCUT2D eigenvalue weighted by molar-refractivity contribution is 0.119. The summed E-state index contributed by atoms with van der Waals surface area (Å²) in [5.74, 6) is 1.12. The van der Waals surface area contributed by atoms with Crippen LogP contribution in [0.15, 0.2) is 24.5 Å². The third kappa shape index (κ3) is 3.87. The molecule has 32 heavy (non-hydrogen) atoms. The first-order valence-electron chi connectivity index (χ1n) is 11.4. The Hall–Kier alpha value is -2.55. The van der Waals surface area contributed by atoms with Gasteiger partial charge in [0.2, 0.25) is 0 Å². The van der Waals surface area contributed by atoms with Gasteiger partial charge >= 0.3 is 6.09 Å². The first kappa shape index (κ1) is 21.3. The summed E-state index contributed by atoms with van der Waals surface area (Å²) in [7, 11) is -3.03. The third-order valence-corrected chi connectivity index (χ3v) is 8.82. The summed E-state index contributed by atoms with van der Waals surface area (Å²) in [5.41, 5.74) is 3.38. The van der Waals surface area contributed by atoms with Crippen molar-refractivity contribution >= 4 is 21.6 Å². The highest BCUT2D eigenvalue weighted by atomic mass is 32.2. The normalized spacial score (nSPS) is 25.1. The second-order valence-corrected chi connectivity index (χ2v) is 11.5. The molecule has 1 aromatic carbocycles. The van der Waals surface area contributed by atoms with Crippen molar-refractivity contribution < 1.29 is 23.1 Å². The van der Waals surface area contributed by atoms with Gasteiger partial charge in [-0.05, 0) is 64.0 Å². The van der Waals surface area contributed by atoms with Crippen LogP contribution in [0, 0.1) is 0 Å². The van der Waals surface area contributed by atoms with Gasteiger partial charge < -0.3 is 9.84 Å². The van der Waals surface area contributed by atoms with E-state index >= 15 is 0 Å². The van der Waals surface area contributed by atoms with Crippen LogP contribution < -0.4 is 9.64 Å². The zero-order valence-electron chi connectivity index (χ0n) is 18.2. The van der Waals surface area contributed by atoms with Gasteiger partial charge in [-0.15, -0.1) is 0 Å². The van der Waals surface area contributed by atoms with Crippen molar-refractivity contribution in [1.82, 2.24) is 9.78 Å². The number of anilines is 1. The number of hydrogen-bond acceptors (Lipinski definition) is 5.